The number of hydrogen-bond donors (Lipinski definition) is 1. The highest BCUT2D eigenvalue weighted by molar-refractivity contribution is 5.84. The van der Waals surface area contributed by atoms with Gasteiger partial charge in [0.1, 0.15) is 0 Å². The van der Waals surface area contributed by atoms with Gasteiger partial charge in [0.25, 0.3) is 0 Å². The molecule has 1 N–H and O–H groups in total. The Morgan fingerprint density at radius 2 is 1.94 bits per heavy atom. The number of carbonyl (C=O) groups excluding carboxylic acids is 1. The molecule has 4 heteroatoms. The molecule has 2 unspecified atom stereocenters. The molecule has 1 fully saturated rings. The van der Waals surface area contributed by atoms with Crippen LogP contribution in [0.1, 0.15) is 41.0 Å². The van der Waals surface area contributed by atoms with Crippen LogP contribution in [0.25, 0.3) is 0 Å². The molecule has 1 rings (SSSR count). The third-order valence-electron chi connectivity index (χ3n) is 3.13. The van der Waals surface area contributed by atoms with Gasteiger partial charge in [0.15, 0.2) is 0 Å². The molecule has 0 aromatic rings. The summed E-state index contributed by atoms with van der Waals surface area (Å²) < 4.78 is 5.55. The summed E-state index contributed by atoms with van der Waals surface area (Å²) >= 11 is 0. The lowest BCUT2D eigenvalue weighted by atomic mass is 10.0. The number of carbonyl (C=O) groups is 1. The van der Waals surface area contributed by atoms with Gasteiger partial charge in [-0.05, 0) is 25.2 Å². The van der Waals surface area contributed by atoms with E-state index in [9.17, 15) is 4.79 Å². The van der Waals surface area contributed by atoms with Crippen molar-refractivity contribution in [2.24, 2.45) is 11.8 Å². The summed E-state index contributed by atoms with van der Waals surface area (Å²) in [6.45, 7) is 12.7. The fourth-order valence-electron chi connectivity index (χ4n) is 2.27. The van der Waals surface area contributed by atoms with Crippen molar-refractivity contribution >= 4 is 5.91 Å². The van der Waals surface area contributed by atoms with E-state index in [4.69, 9.17) is 4.74 Å². The van der Waals surface area contributed by atoms with E-state index in [1.54, 1.807) is 0 Å². The van der Waals surface area contributed by atoms with Gasteiger partial charge in [-0.25, -0.2) is 0 Å². The summed E-state index contributed by atoms with van der Waals surface area (Å²) in [6, 6.07) is -0.00917. The number of nitrogens with zero attached hydrogens (tertiary/aromatic N) is 1. The van der Waals surface area contributed by atoms with Gasteiger partial charge in [-0.15, -0.1) is 0 Å². The molecule has 18 heavy (non-hydrogen) atoms. The summed E-state index contributed by atoms with van der Waals surface area (Å²) in [6.07, 6.45) is 1.04. The Morgan fingerprint density at radius 3 is 2.50 bits per heavy atom. The smallest absolute Gasteiger partial charge is 0.241 e. The second-order valence-electron chi connectivity index (χ2n) is 6.03. The first-order valence-corrected chi connectivity index (χ1v) is 7.06. The Kier molecular flexibility index (Phi) is 6.09. The van der Waals surface area contributed by atoms with Gasteiger partial charge >= 0.3 is 0 Å². The molecule has 0 radical (unpaired) electrons. The fourth-order valence-corrected chi connectivity index (χ4v) is 2.27. The number of rotatable bonds is 7. The van der Waals surface area contributed by atoms with Crippen molar-refractivity contribution in [3.63, 3.8) is 0 Å². The number of nitrogens with one attached hydrogen (secondary N) is 1. The zero-order valence-electron chi connectivity index (χ0n) is 12.4. The van der Waals surface area contributed by atoms with Crippen LogP contribution < -0.4 is 5.32 Å². The van der Waals surface area contributed by atoms with Gasteiger partial charge in [0.2, 0.25) is 5.91 Å². The van der Waals surface area contributed by atoms with Crippen LogP contribution in [0, 0.1) is 11.8 Å². The van der Waals surface area contributed by atoms with E-state index >= 15 is 0 Å². The topological polar surface area (TPSA) is 41.6 Å². The van der Waals surface area contributed by atoms with Crippen LogP contribution in [-0.4, -0.2) is 42.8 Å². The maximum Gasteiger partial charge on any atom is 0.241 e. The number of ether oxygens (including phenoxy) is 1. The molecule has 1 amide bonds. The summed E-state index contributed by atoms with van der Waals surface area (Å²) in [7, 11) is 0. The third-order valence-corrected chi connectivity index (χ3v) is 3.13. The van der Waals surface area contributed by atoms with Crippen LogP contribution in [0.15, 0.2) is 0 Å². The normalized spacial score (nSPS) is 24.6. The molecule has 106 valence electrons. The van der Waals surface area contributed by atoms with E-state index in [0.717, 1.165) is 13.0 Å². The van der Waals surface area contributed by atoms with Gasteiger partial charge < -0.3 is 9.64 Å². The average molecular weight is 256 g/mol. The minimum Gasteiger partial charge on any atom is -0.379 e. The first-order chi connectivity index (χ1) is 8.41. The minimum atomic E-state index is -0.00917. The predicted octanol–water partition coefficient (Wildman–Crippen LogP) is 1.85. The Hall–Kier alpha value is -0.610. The zero-order chi connectivity index (χ0) is 13.7. The summed E-state index contributed by atoms with van der Waals surface area (Å²) in [5.41, 5.74) is 0. The van der Waals surface area contributed by atoms with Gasteiger partial charge in [-0.1, -0.05) is 27.7 Å². The van der Waals surface area contributed by atoms with Crippen LogP contribution in [0.2, 0.25) is 0 Å². The largest absolute Gasteiger partial charge is 0.379 e. The van der Waals surface area contributed by atoms with Crippen LogP contribution >= 0.6 is 0 Å². The molecule has 4 nitrogen and oxygen atoms in total. The Morgan fingerprint density at radius 1 is 1.28 bits per heavy atom. The Bertz CT molecular complexity index is 267. The van der Waals surface area contributed by atoms with Gasteiger partial charge in [0.05, 0.1) is 18.8 Å². The van der Waals surface area contributed by atoms with Crippen LogP contribution in [-0.2, 0) is 9.53 Å². The molecule has 0 aromatic carbocycles. The summed E-state index contributed by atoms with van der Waals surface area (Å²) in [5, 5.41) is 3.36. The standard InChI is InChI=1S/C14H28N2O2/c1-10(2)8-13-14(17)16(12(5)15-13)6-7-18-9-11(3)4/h10-13,15H,6-9H2,1-5H3. The number of hydrogen-bond acceptors (Lipinski definition) is 3. The molecule has 1 aliphatic rings. The molecule has 0 spiro atoms. The predicted molar refractivity (Wildman–Crippen MR) is 73.2 cm³/mol. The molecule has 0 bridgehead atoms. The maximum atomic E-state index is 12.2. The molecule has 1 aliphatic heterocycles. The Balaban J connectivity index is 2.34. The molecular formula is C14H28N2O2. The molecular weight excluding hydrogens is 228 g/mol. The Labute approximate surface area is 111 Å². The van der Waals surface area contributed by atoms with Crippen LogP contribution in [0.4, 0.5) is 0 Å². The lowest BCUT2D eigenvalue weighted by molar-refractivity contribution is -0.130. The van der Waals surface area contributed by atoms with Crippen molar-refractivity contribution in [2.75, 3.05) is 19.8 Å². The van der Waals surface area contributed by atoms with Gasteiger partial charge in [0, 0.05) is 13.2 Å². The van der Waals surface area contributed by atoms with Crippen molar-refractivity contribution in [2.45, 2.75) is 53.2 Å². The van der Waals surface area contributed by atoms with Crippen LogP contribution in [0.3, 0.4) is 0 Å². The fraction of sp³-hybridized carbons (Fsp3) is 0.929. The molecule has 1 heterocycles. The van der Waals surface area contributed by atoms with E-state index in [0.29, 0.717) is 25.0 Å². The third kappa shape index (κ3) is 4.58. The SMILES string of the molecule is CC(C)COCCN1C(=O)C(CC(C)C)NC1C. The number of amides is 1. The molecule has 0 aliphatic carbocycles. The highest BCUT2D eigenvalue weighted by Crippen LogP contribution is 2.16. The summed E-state index contributed by atoms with van der Waals surface area (Å²) in [5.74, 6) is 1.31. The van der Waals surface area contributed by atoms with Crippen molar-refractivity contribution in [1.29, 1.82) is 0 Å². The van der Waals surface area contributed by atoms with E-state index in [2.05, 4.69) is 33.0 Å². The van der Waals surface area contributed by atoms with Gasteiger partial charge in [-0.3, -0.25) is 10.1 Å². The quantitative estimate of drug-likeness (QED) is 0.707. The molecule has 2 atom stereocenters. The minimum absolute atomic E-state index is 0.00917. The highest BCUT2D eigenvalue weighted by Gasteiger charge is 2.35. The molecule has 1 saturated heterocycles. The summed E-state index contributed by atoms with van der Waals surface area (Å²) in [4.78, 5) is 14.1. The maximum absolute atomic E-state index is 12.2. The van der Waals surface area contributed by atoms with E-state index in [1.165, 1.54) is 0 Å². The first kappa shape index (κ1) is 15.4. The lowest BCUT2D eigenvalue weighted by Crippen LogP contribution is -2.37. The second kappa shape index (κ2) is 7.10. The first-order valence-electron chi connectivity index (χ1n) is 7.06. The van der Waals surface area contributed by atoms with Crippen molar-refractivity contribution in [3.8, 4) is 0 Å². The van der Waals surface area contributed by atoms with Crippen molar-refractivity contribution < 1.29 is 9.53 Å². The zero-order valence-corrected chi connectivity index (χ0v) is 12.4. The van der Waals surface area contributed by atoms with Crippen molar-refractivity contribution in [1.82, 2.24) is 10.2 Å². The van der Waals surface area contributed by atoms with E-state index < -0.39 is 0 Å². The van der Waals surface area contributed by atoms with E-state index in [-0.39, 0.29) is 18.1 Å². The van der Waals surface area contributed by atoms with Crippen LogP contribution in [0.5, 0.6) is 0 Å². The van der Waals surface area contributed by atoms with Crippen molar-refractivity contribution in [3.05, 3.63) is 0 Å². The molecule has 0 saturated carbocycles. The average Bonchev–Trinajstić information content (AvgIpc) is 2.49. The lowest BCUT2D eigenvalue weighted by Gasteiger charge is -2.21. The van der Waals surface area contributed by atoms with E-state index in [1.807, 2.05) is 11.8 Å². The van der Waals surface area contributed by atoms with Gasteiger partial charge in [-0.2, -0.15) is 0 Å². The monoisotopic (exact) mass is 256 g/mol. The second-order valence-corrected chi connectivity index (χ2v) is 6.03. The molecule has 0 aromatic heterocycles. The highest BCUT2D eigenvalue weighted by atomic mass is 16.5.